The van der Waals surface area contributed by atoms with Crippen molar-refractivity contribution in [3.05, 3.63) is 29.8 Å². The van der Waals surface area contributed by atoms with Crippen molar-refractivity contribution >= 4 is 0 Å². The van der Waals surface area contributed by atoms with Gasteiger partial charge in [0.15, 0.2) is 0 Å². The maximum absolute atomic E-state index is 10.4. The molecule has 2 rings (SSSR count). The van der Waals surface area contributed by atoms with Crippen molar-refractivity contribution in [1.29, 1.82) is 0 Å². The summed E-state index contributed by atoms with van der Waals surface area (Å²) in [6.45, 7) is 2.24. The second-order valence-electron chi connectivity index (χ2n) is 5.07. The summed E-state index contributed by atoms with van der Waals surface area (Å²) >= 11 is 0. The van der Waals surface area contributed by atoms with Crippen molar-refractivity contribution in [3.63, 3.8) is 0 Å². The zero-order valence-electron chi connectivity index (χ0n) is 10.7. The average molecular weight is 234 g/mol. The van der Waals surface area contributed by atoms with E-state index in [1.54, 1.807) is 7.11 Å². The Morgan fingerprint density at radius 3 is 2.53 bits per heavy atom. The zero-order valence-corrected chi connectivity index (χ0v) is 10.7. The van der Waals surface area contributed by atoms with E-state index >= 15 is 0 Å². The first kappa shape index (κ1) is 12.4. The largest absolute Gasteiger partial charge is 0.497 e. The van der Waals surface area contributed by atoms with Gasteiger partial charge in [-0.1, -0.05) is 31.9 Å². The second kappa shape index (κ2) is 5.54. The van der Waals surface area contributed by atoms with Crippen LogP contribution in [0.5, 0.6) is 5.75 Å². The third-order valence-electron chi connectivity index (χ3n) is 4.06. The van der Waals surface area contributed by atoms with Crippen LogP contribution < -0.4 is 4.74 Å². The predicted molar refractivity (Wildman–Crippen MR) is 69.1 cm³/mol. The Balaban J connectivity index is 2.01. The number of benzene rings is 1. The molecule has 0 saturated heterocycles. The third-order valence-corrected chi connectivity index (χ3v) is 4.06. The maximum Gasteiger partial charge on any atom is 0.118 e. The van der Waals surface area contributed by atoms with Crippen LogP contribution in [-0.4, -0.2) is 12.2 Å². The van der Waals surface area contributed by atoms with Gasteiger partial charge in [-0.25, -0.2) is 0 Å². The van der Waals surface area contributed by atoms with Crippen LogP contribution in [0.15, 0.2) is 24.3 Å². The molecule has 1 aromatic carbocycles. The fraction of sp³-hybridized carbons (Fsp3) is 0.600. The van der Waals surface area contributed by atoms with Gasteiger partial charge in [-0.15, -0.1) is 0 Å². The van der Waals surface area contributed by atoms with Gasteiger partial charge in [0.1, 0.15) is 5.75 Å². The molecule has 0 aliphatic heterocycles. The SMILES string of the molecule is CCC1CCC(C(O)c2ccc(OC)cc2)C1. The molecule has 1 aliphatic rings. The van der Waals surface area contributed by atoms with E-state index in [-0.39, 0.29) is 6.10 Å². The number of rotatable bonds is 4. The highest BCUT2D eigenvalue weighted by Gasteiger charge is 2.29. The van der Waals surface area contributed by atoms with Crippen LogP contribution in [0.1, 0.15) is 44.3 Å². The van der Waals surface area contributed by atoms with E-state index in [0.717, 1.165) is 23.7 Å². The molecule has 0 bridgehead atoms. The van der Waals surface area contributed by atoms with Gasteiger partial charge in [-0.2, -0.15) is 0 Å². The molecule has 17 heavy (non-hydrogen) atoms. The Hall–Kier alpha value is -1.02. The van der Waals surface area contributed by atoms with Gasteiger partial charge in [-0.05, 0) is 42.4 Å². The second-order valence-corrected chi connectivity index (χ2v) is 5.07. The Bertz CT molecular complexity index is 344. The summed E-state index contributed by atoms with van der Waals surface area (Å²) in [5, 5.41) is 10.4. The quantitative estimate of drug-likeness (QED) is 0.863. The number of aliphatic hydroxyl groups excluding tert-OH is 1. The van der Waals surface area contributed by atoms with Crippen LogP contribution in [0.3, 0.4) is 0 Å². The highest BCUT2D eigenvalue weighted by Crippen LogP contribution is 2.40. The fourth-order valence-electron chi connectivity index (χ4n) is 2.84. The van der Waals surface area contributed by atoms with Crippen LogP contribution in [0.25, 0.3) is 0 Å². The van der Waals surface area contributed by atoms with E-state index in [9.17, 15) is 5.11 Å². The van der Waals surface area contributed by atoms with Crippen LogP contribution in [-0.2, 0) is 0 Å². The standard InChI is InChI=1S/C15H22O2/c1-3-11-4-5-13(10-11)15(16)12-6-8-14(17-2)9-7-12/h6-9,11,13,15-16H,3-5,10H2,1-2H3. The van der Waals surface area contributed by atoms with E-state index in [4.69, 9.17) is 4.74 Å². The fourth-order valence-corrected chi connectivity index (χ4v) is 2.84. The summed E-state index contributed by atoms with van der Waals surface area (Å²) < 4.78 is 5.13. The van der Waals surface area contributed by atoms with Gasteiger partial charge >= 0.3 is 0 Å². The van der Waals surface area contributed by atoms with Crippen LogP contribution >= 0.6 is 0 Å². The van der Waals surface area contributed by atoms with Crippen LogP contribution in [0.2, 0.25) is 0 Å². The van der Waals surface area contributed by atoms with E-state index < -0.39 is 0 Å². The van der Waals surface area contributed by atoms with Crippen molar-refractivity contribution in [2.24, 2.45) is 11.8 Å². The molecule has 0 amide bonds. The lowest BCUT2D eigenvalue weighted by molar-refractivity contribution is 0.109. The summed E-state index contributed by atoms with van der Waals surface area (Å²) in [6, 6.07) is 7.79. The minimum Gasteiger partial charge on any atom is -0.497 e. The molecule has 94 valence electrons. The van der Waals surface area contributed by atoms with E-state index in [2.05, 4.69) is 6.92 Å². The number of methoxy groups -OCH3 is 1. The first-order valence-electron chi connectivity index (χ1n) is 6.56. The number of aliphatic hydroxyl groups is 1. The number of ether oxygens (including phenoxy) is 1. The summed E-state index contributed by atoms with van der Waals surface area (Å²) in [7, 11) is 1.66. The highest BCUT2D eigenvalue weighted by molar-refractivity contribution is 5.28. The van der Waals surface area contributed by atoms with Crippen molar-refractivity contribution in [1.82, 2.24) is 0 Å². The molecular weight excluding hydrogens is 212 g/mol. The molecule has 2 heteroatoms. The van der Waals surface area contributed by atoms with Crippen molar-refractivity contribution in [2.75, 3.05) is 7.11 Å². The van der Waals surface area contributed by atoms with E-state index in [1.807, 2.05) is 24.3 Å². The summed E-state index contributed by atoms with van der Waals surface area (Å²) in [4.78, 5) is 0. The predicted octanol–water partition coefficient (Wildman–Crippen LogP) is 3.55. The van der Waals surface area contributed by atoms with Crippen molar-refractivity contribution in [3.8, 4) is 5.75 Å². The van der Waals surface area contributed by atoms with E-state index in [1.165, 1.54) is 19.3 Å². The smallest absolute Gasteiger partial charge is 0.118 e. The lowest BCUT2D eigenvalue weighted by Crippen LogP contribution is -2.09. The molecule has 0 spiro atoms. The Morgan fingerprint density at radius 2 is 2.00 bits per heavy atom. The van der Waals surface area contributed by atoms with Crippen LogP contribution in [0.4, 0.5) is 0 Å². The maximum atomic E-state index is 10.4. The molecule has 0 radical (unpaired) electrons. The number of hydrogen-bond donors (Lipinski definition) is 1. The van der Waals surface area contributed by atoms with Gasteiger partial charge < -0.3 is 9.84 Å². The Kier molecular flexibility index (Phi) is 4.06. The first-order valence-corrected chi connectivity index (χ1v) is 6.56. The van der Waals surface area contributed by atoms with Crippen molar-refractivity contribution in [2.45, 2.75) is 38.7 Å². The molecule has 1 saturated carbocycles. The molecule has 0 heterocycles. The zero-order chi connectivity index (χ0) is 12.3. The van der Waals surface area contributed by atoms with Gasteiger partial charge in [0.05, 0.1) is 13.2 Å². The molecule has 3 unspecified atom stereocenters. The first-order chi connectivity index (χ1) is 8.24. The van der Waals surface area contributed by atoms with Gasteiger partial charge in [0.2, 0.25) is 0 Å². The molecule has 1 aromatic rings. The molecule has 2 nitrogen and oxygen atoms in total. The monoisotopic (exact) mass is 234 g/mol. The molecule has 3 atom stereocenters. The summed E-state index contributed by atoms with van der Waals surface area (Å²) in [6.07, 6.45) is 4.53. The lowest BCUT2D eigenvalue weighted by Gasteiger charge is -2.18. The minimum absolute atomic E-state index is 0.308. The average Bonchev–Trinajstić information content (AvgIpc) is 2.87. The van der Waals surface area contributed by atoms with Gasteiger partial charge in [0, 0.05) is 0 Å². The Morgan fingerprint density at radius 1 is 1.29 bits per heavy atom. The number of hydrogen-bond acceptors (Lipinski definition) is 2. The summed E-state index contributed by atoms with van der Waals surface area (Å²) in [5.74, 6) is 2.10. The van der Waals surface area contributed by atoms with E-state index in [0.29, 0.717) is 5.92 Å². The molecule has 1 N–H and O–H groups in total. The van der Waals surface area contributed by atoms with Crippen LogP contribution in [0, 0.1) is 11.8 Å². The molecule has 1 fully saturated rings. The lowest BCUT2D eigenvalue weighted by atomic mass is 9.93. The minimum atomic E-state index is -0.308. The van der Waals surface area contributed by atoms with Gasteiger partial charge in [0.25, 0.3) is 0 Å². The van der Waals surface area contributed by atoms with Crippen molar-refractivity contribution < 1.29 is 9.84 Å². The molecular formula is C15H22O2. The highest BCUT2D eigenvalue weighted by atomic mass is 16.5. The molecule has 0 aromatic heterocycles. The summed E-state index contributed by atoms with van der Waals surface area (Å²) in [5.41, 5.74) is 1.02. The Labute approximate surface area is 104 Å². The van der Waals surface area contributed by atoms with Gasteiger partial charge in [-0.3, -0.25) is 0 Å². The molecule has 1 aliphatic carbocycles. The third kappa shape index (κ3) is 2.81. The normalized spacial score (nSPS) is 25.8. The topological polar surface area (TPSA) is 29.5 Å².